The second-order valence-corrected chi connectivity index (χ2v) is 6.25. The van der Waals surface area contributed by atoms with Crippen molar-refractivity contribution in [2.45, 2.75) is 35.2 Å². The summed E-state index contributed by atoms with van der Waals surface area (Å²) in [7, 11) is 0. The van der Waals surface area contributed by atoms with E-state index >= 15 is 0 Å². The van der Waals surface area contributed by atoms with Crippen LogP contribution in [0.3, 0.4) is 0 Å². The number of anilines is 1. The molecule has 0 atom stereocenters. The van der Waals surface area contributed by atoms with Crippen LogP contribution in [0.15, 0.2) is 46.2 Å². The Morgan fingerprint density at radius 2 is 1.71 bits per heavy atom. The van der Waals surface area contributed by atoms with E-state index in [0.717, 1.165) is 42.0 Å². The van der Waals surface area contributed by atoms with Crippen molar-refractivity contribution in [2.24, 2.45) is 0 Å². The van der Waals surface area contributed by atoms with Gasteiger partial charge in [-0.15, -0.1) is 0 Å². The van der Waals surface area contributed by atoms with E-state index < -0.39 is 11.7 Å². The van der Waals surface area contributed by atoms with Crippen LogP contribution in [-0.2, 0) is 19.0 Å². The van der Waals surface area contributed by atoms with E-state index in [9.17, 15) is 13.2 Å². The zero-order valence-corrected chi connectivity index (χ0v) is 12.0. The molecule has 1 aliphatic rings. The van der Waals surface area contributed by atoms with Gasteiger partial charge in [0.2, 0.25) is 0 Å². The zero-order valence-electron chi connectivity index (χ0n) is 11.2. The van der Waals surface area contributed by atoms with E-state index in [1.807, 2.05) is 18.2 Å². The van der Waals surface area contributed by atoms with Crippen LogP contribution in [0, 0.1) is 0 Å². The van der Waals surface area contributed by atoms with Gasteiger partial charge in [-0.1, -0.05) is 17.8 Å². The third kappa shape index (κ3) is 3.02. The first-order chi connectivity index (χ1) is 9.93. The number of rotatable bonds is 2. The number of hydrogen-bond acceptors (Lipinski definition) is 2. The van der Waals surface area contributed by atoms with E-state index in [1.165, 1.54) is 23.3 Å². The molecular formula is C16H14F3NS. The highest BCUT2D eigenvalue weighted by molar-refractivity contribution is 7.99. The molecule has 0 fully saturated rings. The summed E-state index contributed by atoms with van der Waals surface area (Å²) >= 11 is 1.14. The molecule has 0 unspecified atom stereocenters. The number of halogens is 3. The summed E-state index contributed by atoms with van der Waals surface area (Å²) in [5, 5.41) is 0. The summed E-state index contributed by atoms with van der Waals surface area (Å²) in [5.74, 6) is 0. The van der Waals surface area contributed by atoms with Gasteiger partial charge < -0.3 is 5.73 Å². The molecule has 1 nitrogen and oxygen atoms in total. The number of aryl methyl sites for hydroxylation is 2. The summed E-state index contributed by atoms with van der Waals surface area (Å²) in [5.41, 5.74) is 7.50. The third-order valence-electron chi connectivity index (χ3n) is 3.61. The van der Waals surface area contributed by atoms with E-state index in [0.29, 0.717) is 0 Å². The molecule has 0 spiro atoms. The van der Waals surface area contributed by atoms with Gasteiger partial charge in [0, 0.05) is 15.5 Å². The van der Waals surface area contributed by atoms with Crippen molar-refractivity contribution in [1.82, 2.24) is 0 Å². The molecule has 2 N–H and O–H groups in total. The Bertz CT molecular complexity index is 680. The summed E-state index contributed by atoms with van der Waals surface area (Å²) in [4.78, 5) is 1.03. The fourth-order valence-electron chi connectivity index (χ4n) is 2.60. The average Bonchev–Trinajstić information content (AvgIpc) is 2.87. The second-order valence-electron chi connectivity index (χ2n) is 5.14. The molecule has 0 saturated heterocycles. The average molecular weight is 309 g/mol. The molecule has 0 radical (unpaired) electrons. The highest BCUT2D eigenvalue weighted by atomic mass is 32.2. The SMILES string of the molecule is Nc1ccc(Sc2ccc3c(c2)CCC3)c(C(F)(F)F)c1. The van der Waals surface area contributed by atoms with Crippen LogP contribution in [0.2, 0.25) is 0 Å². The van der Waals surface area contributed by atoms with Gasteiger partial charge in [-0.05, 0) is 60.7 Å². The molecular weight excluding hydrogens is 295 g/mol. The van der Waals surface area contributed by atoms with E-state index in [2.05, 4.69) is 0 Å². The van der Waals surface area contributed by atoms with Gasteiger partial charge in [0.15, 0.2) is 0 Å². The lowest BCUT2D eigenvalue weighted by Crippen LogP contribution is -2.07. The Balaban J connectivity index is 1.95. The highest BCUT2D eigenvalue weighted by Crippen LogP contribution is 2.41. The van der Waals surface area contributed by atoms with Crippen LogP contribution in [0.1, 0.15) is 23.1 Å². The molecule has 110 valence electrons. The van der Waals surface area contributed by atoms with Crippen molar-refractivity contribution in [1.29, 1.82) is 0 Å². The molecule has 0 aliphatic heterocycles. The van der Waals surface area contributed by atoms with E-state index in [-0.39, 0.29) is 10.6 Å². The van der Waals surface area contributed by atoms with Gasteiger partial charge in [0.25, 0.3) is 0 Å². The number of fused-ring (bicyclic) bond motifs is 1. The molecule has 5 heteroatoms. The molecule has 0 amide bonds. The number of hydrogen-bond donors (Lipinski definition) is 1. The van der Waals surface area contributed by atoms with Gasteiger partial charge >= 0.3 is 6.18 Å². The van der Waals surface area contributed by atoms with Crippen LogP contribution in [0.25, 0.3) is 0 Å². The first-order valence-electron chi connectivity index (χ1n) is 6.70. The minimum atomic E-state index is -4.39. The van der Waals surface area contributed by atoms with Gasteiger partial charge in [-0.25, -0.2) is 0 Å². The first kappa shape index (κ1) is 14.3. The molecule has 21 heavy (non-hydrogen) atoms. The van der Waals surface area contributed by atoms with Crippen LogP contribution in [0.5, 0.6) is 0 Å². The minimum absolute atomic E-state index is 0.126. The number of benzene rings is 2. The molecule has 2 aromatic rings. The lowest BCUT2D eigenvalue weighted by Gasteiger charge is -2.13. The summed E-state index contributed by atoms with van der Waals surface area (Å²) < 4.78 is 39.2. The quantitative estimate of drug-likeness (QED) is 0.796. The highest BCUT2D eigenvalue weighted by Gasteiger charge is 2.33. The largest absolute Gasteiger partial charge is 0.417 e. The standard InChI is InChI=1S/C16H14F3NS/c17-16(18,19)14-9-12(20)5-7-15(14)21-13-6-4-10-2-1-3-11(10)8-13/h4-9H,1-3,20H2. The zero-order chi connectivity index (χ0) is 15.0. The van der Waals surface area contributed by atoms with Crippen molar-refractivity contribution in [3.8, 4) is 0 Å². The Labute approximate surface area is 125 Å². The van der Waals surface area contributed by atoms with Gasteiger partial charge in [0.1, 0.15) is 0 Å². The van der Waals surface area contributed by atoms with Crippen LogP contribution >= 0.6 is 11.8 Å². The molecule has 1 aliphatic carbocycles. The summed E-state index contributed by atoms with van der Waals surface area (Å²) in [6.07, 6.45) is -1.19. The monoisotopic (exact) mass is 309 g/mol. The maximum absolute atomic E-state index is 13.1. The van der Waals surface area contributed by atoms with Crippen molar-refractivity contribution in [3.05, 3.63) is 53.1 Å². The number of alkyl halides is 3. The molecule has 0 heterocycles. The molecule has 2 aromatic carbocycles. The normalized spacial score (nSPS) is 14.2. The second kappa shape index (κ2) is 5.30. The summed E-state index contributed by atoms with van der Waals surface area (Å²) in [6.45, 7) is 0. The molecule has 0 bridgehead atoms. The Morgan fingerprint density at radius 1 is 0.952 bits per heavy atom. The fraction of sp³-hybridized carbons (Fsp3) is 0.250. The predicted octanol–water partition coefficient (Wildman–Crippen LogP) is 4.93. The lowest BCUT2D eigenvalue weighted by atomic mass is 10.1. The van der Waals surface area contributed by atoms with Gasteiger partial charge in [-0.3, -0.25) is 0 Å². The number of nitrogens with two attached hydrogens (primary N) is 1. The maximum Gasteiger partial charge on any atom is 0.417 e. The first-order valence-corrected chi connectivity index (χ1v) is 7.51. The van der Waals surface area contributed by atoms with E-state index in [4.69, 9.17) is 5.73 Å². The Kier molecular flexibility index (Phi) is 3.61. The summed E-state index contributed by atoms with van der Waals surface area (Å²) in [6, 6.07) is 9.86. The molecule has 3 rings (SSSR count). The van der Waals surface area contributed by atoms with E-state index in [1.54, 1.807) is 0 Å². The maximum atomic E-state index is 13.1. The topological polar surface area (TPSA) is 26.0 Å². The molecule has 0 saturated carbocycles. The predicted molar refractivity (Wildman–Crippen MR) is 78.4 cm³/mol. The minimum Gasteiger partial charge on any atom is -0.399 e. The van der Waals surface area contributed by atoms with Gasteiger partial charge in [-0.2, -0.15) is 13.2 Å². The van der Waals surface area contributed by atoms with Crippen molar-refractivity contribution < 1.29 is 13.2 Å². The van der Waals surface area contributed by atoms with Crippen LogP contribution in [0.4, 0.5) is 18.9 Å². The van der Waals surface area contributed by atoms with Crippen molar-refractivity contribution in [2.75, 3.05) is 5.73 Å². The van der Waals surface area contributed by atoms with Crippen LogP contribution in [-0.4, -0.2) is 0 Å². The fourth-order valence-corrected chi connectivity index (χ4v) is 3.61. The lowest BCUT2D eigenvalue weighted by molar-refractivity contribution is -0.139. The third-order valence-corrected chi connectivity index (χ3v) is 4.67. The number of nitrogen functional groups attached to an aromatic ring is 1. The Morgan fingerprint density at radius 3 is 2.48 bits per heavy atom. The van der Waals surface area contributed by atoms with Crippen molar-refractivity contribution >= 4 is 17.4 Å². The Hall–Kier alpha value is -1.62. The van der Waals surface area contributed by atoms with Crippen molar-refractivity contribution in [3.63, 3.8) is 0 Å². The van der Waals surface area contributed by atoms with Crippen LogP contribution < -0.4 is 5.73 Å². The van der Waals surface area contributed by atoms with Gasteiger partial charge in [0.05, 0.1) is 5.56 Å². The smallest absolute Gasteiger partial charge is 0.399 e. The molecule has 0 aromatic heterocycles.